The molecule has 0 aliphatic carbocycles. The highest BCUT2D eigenvalue weighted by Gasteiger charge is 2.07. The second-order valence-electron chi connectivity index (χ2n) is 3.72. The lowest BCUT2D eigenvalue weighted by Gasteiger charge is -2.02. The number of hydrogen-bond acceptors (Lipinski definition) is 2. The van der Waals surface area contributed by atoms with Gasteiger partial charge in [0, 0.05) is 4.47 Å². The summed E-state index contributed by atoms with van der Waals surface area (Å²) in [5.74, 6) is -0.845. The molecule has 0 radical (unpaired) electrons. The Kier molecular flexibility index (Phi) is 3.97. The van der Waals surface area contributed by atoms with Crippen LogP contribution < -0.4 is 0 Å². The Morgan fingerprint density at radius 2 is 2.06 bits per heavy atom. The smallest absolute Gasteiger partial charge is 0.345 e. The summed E-state index contributed by atoms with van der Waals surface area (Å²) in [7, 11) is 0. The van der Waals surface area contributed by atoms with Crippen LogP contribution in [-0.2, 0) is 12.8 Å². The highest BCUT2D eigenvalue weighted by atomic mass is 79.9. The van der Waals surface area contributed by atoms with Crippen molar-refractivity contribution in [2.75, 3.05) is 0 Å². The van der Waals surface area contributed by atoms with Crippen molar-refractivity contribution in [1.29, 1.82) is 0 Å². The van der Waals surface area contributed by atoms with Crippen LogP contribution in [0.25, 0.3) is 0 Å². The number of benzene rings is 1. The van der Waals surface area contributed by atoms with Gasteiger partial charge in [0.25, 0.3) is 0 Å². The highest BCUT2D eigenvalue weighted by Crippen LogP contribution is 2.20. The van der Waals surface area contributed by atoms with Gasteiger partial charge in [0.1, 0.15) is 4.88 Å². The maximum absolute atomic E-state index is 10.7. The first-order chi connectivity index (χ1) is 8.16. The van der Waals surface area contributed by atoms with E-state index >= 15 is 0 Å². The lowest BCUT2D eigenvalue weighted by molar-refractivity contribution is 0.0702. The van der Waals surface area contributed by atoms with Crippen LogP contribution in [0.5, 0.6) is 0 Å². The number of hydrogen-bond donors (Lipinski definition) is 1. The molecule has 2 nitrogen and oxygen atoms in total. The van der Waals surface area contributed by atoms with Gasteiger partial charge in [-0.05, 0) is 41.5 Å². The number of carbonyl (C=O) groups is 1. The molecule has 0 atom stereocenters. The Hall–Kier alpha value is -1.13. The van der Waals surface area contributed by atoms with Crippen molar-refractivity contribution in [2.45, 2.75) is 12.8 Å². The molecule has 0 fully saturated rings. The lowest BCUT2D eigenvalue weighted by atomic mass is 10.1. The zero-order chi connectivity index (χ0) is 12.3. The molecule has 88 valence electrons. The molecular formula is C13H11BrO2S. The molecule has 2 aromatic rings. The van der Waals surface area contributed by atoms with Crippen molar-refractivity contribution in [3.05, 3.63) is 56.2 Å². The summed E-state index contributed by atoms with van der Waals surface area (Å²) in [6.45, 7) is 0. The minimum absolute atomic E-state index is 0.409. The van der Waals surface area contributed by atoms with E-state index in [1.165, 1.54) is 16.9 Å². The van der Waals surface area contributed by atoms with Crippen LogP contribution >= 0.6 is 27.3 Å². The average molecular weight is 311 g/mol. The van der Waals surface area contributed by atoms with Gasteiger partial charge < -0.3 is 5.11 Å². The number of carboxylic acid groups (broad SMARTS) is 1. The molecule has 0 amide bonds. The third kappa shape index (κ3) is 3.17. The highest BCUT2D eigenvalue weighted by molar-refractivity contribution is 9.10. The molecular weight excluding hydrogens is 300 g/mol. The van der Waals surface area contributed by atoms with Crippen LogP contribution in [0.3, 0.4) is 0 Å². The molecule has 1 aromatic carbocycles. The van der Waals surface area contributed by atoms with E-state index in [1.54, 1.807) is 6.07 Å². The first kappa shape index (κ1) is 12.3. The fraction of sp³-hybridized carbons (Fsp3) is 0.154. The Bertz CT molecular complexity index is 534. The normalized spacial score (nSPS) is 10.4. The fourth-order valence-electron chi connectivity index (χ4n) is 1.60. The van der Waals surface area contributed by atoms with E-state index in [0.717, 1.165) is 22.9 Å². The van der Waals surface area contributed by atoms with E-state index < -0.39 is 5.97 Å². The zero-order valence-electron chi connectivity index (χ0n) is 9.02. The summed E-state index contributed by atoms with van der Waals surface area (Å²) in [5.41, 5.74) is 2.33. The monoisotopic (exact) mass is 310 g/mol. The van der Waals surface area contributed by atoms with E-state index in [9.17, 15) is 4.79 Å². The largest absolute Gasteiger partial charge is 0.477 e. The summed E-state index contributed by atoms with van der Waals surface area (Å²) in [6.07, 6.45) is 1.78. The summed E-state index contributed by atoms with van der Waals surface area (Å²) >= 11 is 4.79. The number of carboxylic acids is 1. The van der Waals surface area contributed by atoms with Crippen molar-refractivity contribution in [2.24, 2.45) is 0 Å². The minimum Gasteiger partial charge on any atom is -0.477 e. The number of thiophene rings is 1. The molecule has 1 aromatic heterocycles. The summed E-state index contributed by atoms with van der Waals surface area (Å²) in [5, 5.41) is 10.7. The number of aromatic carboxylic acids is 1. The molecule has 0 saturated carbocycles. The first-order valence-electron chi connectivity index (χ1n) is 5.21. The van der Waals surface area contributed by atoms with Crippen molar-refractivity contribution < 1.29 is 9.90 Å². The summed E-state index contributed by atoms with van der Waals surface area (Å²) < 4.78 is 1.11. The second kappa shape index (κ2) is 5.47. The van der Waals surface area contributed by atoms with Crippen LogP contribution in [0.1, 0.15) is 20.8 Å². The van der Waals surface area contributed by atoms with Gasteiger partial charge in [-0.15, -0.1) is 11.3 Å². The van der Waals surface area contributed by atoms with E-state index in [-0.39, 0.29) is 0 Å². The molecule has 0 bridgehead atoms. The quantitative estimate of drug-likeness (QED) is 0.927. The molecule has 1 N–H and O–H groups in total. The van der Waals surface area contributed by atoms with Crippen molar-refractivity contribution in [3.63, 3.8) is 0 Å². The van der Waals surface area contributed by atoms with Crippen molar-refractivity contribution in [1.82, 2.24) is 0 Å². The molecule has 0 saturated heterocycles. The number of halogens is 1. The molecule has 0 unspecified atom stereocenters. The lowest BCUT2D eigenvalue weighted by Crippen LogP contribution is -1.92. The van der Waals surface area contributed by atoms with Crippen LogP contribution in [-0.4, -0.2) is 11.1 Å². The maximum atomic E-state index is 10.7. The van der Waals surface area contributed by atoms with Gasteiger partial charge in [0.2, 0.25) is 0 Å². The molecule has 1 heterocycles. The summed E-state index contributed by atoms with van der Waals surface area (Å²) in [4.78, 5) is 11.2. The Morgan fingerprint density at radius 3 is 2.71 bits per heavy atom. The van der Waals surface area contributed by atoms with Gasteiger partial charge in [0.05, 0.1) is 0 Å². The van der Waals surface area contributed by atoms with Gasteiger partial charge in [-0.1, -0.05) is 34.1 Å². The van der Waals surface area contributed by atoms with Gasteiger partial charge in [0.15, 0.2) is 0 Å². The SMILES string of the molecule is O=C(O)c1cc(CCc2ccccc2Br)cs1. The Balaban J connectivity index is 2.02. The summed E-state index contributed by atoms with van der Waals surface area (Å²) in [6, 6.07) is 9.85. The molecule has 4 heteroatoms. The standard InChI is InChI=1S/C13H11BrO2S/c14-11-4-2-1-3-10(11)6-5-9-7-12(13(15)16)17-8-9/h1-4,7-8H,5-6H2,(H,15,16). The molecule has 0 aliphatic heterocycles. The van der Waals surface area contributed by atoms with Crippen LogP contribution in [0.2, 0.25) is 0 Å². The van der Waals surface area contributed by atoms with Crippen LogP contribution in [0.4, 0.5) is 0 Å². The fourth-order valence-corrected chi connectivity index (χ4v) is 2.87. The topological polar surface area (TPSA) is 37.3 Å². The van der Waals surface area contributed by atoms with E-state index in [0.29, 0.717) is 4.88 Å². The predicted molar refractivity (Wildman–Crippen MR) is 72.8 cm³/mol. The van der Waals surface area contributed by atoms with E-state index in [4.69, 9.17) is 5.11 Å². The van der Waals surface area contributed by atoms with E-state index in [2.05, 4.69) is 22.0 Å². The molecule has 17 heavy (non-hydrogen) atoms. The van der Waals surface area contributed by atoms with Crippen molar-refractivity contribution >= 4 is 33.2 Å². The van der Waals surface area contributed by atoms with E-state index in [1.807, 2.05) is 23.6 Å². The molecule has 2 rings (SSSR count). The molecule has 0 spiro atoms. The third-order valence-corrected chi connectivity index (χ3v) is 4.25. The predicted octanol–water partition coefficient (Wildman–Crippen LogP) is 3.99. The van der Waals surface area contributed by atoms with Crippen LogP contribution in [0.15, 0.2) is 40.2 Å². The first-order valence-corrected chi connectivity index (χ1v) is 6.88. The Labute approximate surface area is 112 Å². The maximum Gasteiger partial charge on any atom is 0.345 e. The zero-order valence-corrected chi connectivity index (χ0v) is 11.4. The number of aryl methyl sites for hydroxylation is 2. The van der Waals surface area contributed by atoms with Gasteiger partial charge >= 0.3 is 5.97 Å². The number of rotatable bonds is 4. The average Bonchev–Trinajstić information content (AvgIpc) is 2.77. The molecule has 0 aliphatic rings. The van der Waals surface area contributed by atoms with Gasteiger partial charge in [-0.2, -0.15) is 0 Å². The Morgan fingerprint density at radius 1 is 1.29 bits per heavy atom. The minimum atomic E-state index is -0.845. The second-order valence-corrected chi connectivity index (χ2v) is 5.48. The van der Waals surface area contributed by atoms with Gasteiger partial charge in [-0.3, -0.25) is 0 Å². The van der Waals surface area contributed by atoms with Crippen LogP contribution in [0, 0.1) is 0 Å². The van der Waals surface area contributed by atoms with Crippen molar-refractivity contribution in [3.8, 4) is 0 Å². The van der Waals surface area contributed by atoms with Gasteiger partial charge in [-0.25, -0.2) is 4.79 Å². The third-order valence-electron chi connectivity index (χ3n) is 2.51.